The third kappa shape index (κ3) is 4.04. The fourth-order valence-corrected chi connectivity index (χ4v) is 2.65. The van der Waals surface area contributed by atoms with E-state index in [1.807, 2.05) is 12.1 Å². The fraction of sp³-hybridized carbons (Fsp3) is 0.0667. The van der Waals surface area contributed by atoms with Crippen LogP contribution in [0.5, 0.6) is 0 Å². The number of esters is 1. The Morgan fingerprint density at radius 3 is 2.67 bits per heavy atom. The van der Waals surface area contributed by atoms with Gasteiger partial charge in [-0.3, -0.25) is 4.79 Å². The molecular formula is C15H11BrINO3. The molecule has 0 radical (unpaired) electrons. The van der Waals surface area contributed by atoms with Gasteiger partial charge in [0, 0.05) is 13.7 Å². The molecule has 0 heterocycles. The maximum Gasteiger partial charge on any atom is 0.337 e. The van der Waals surface area contributed by atoms with Crippen molar-refractivity contribution in [1.82, 2.24) is 0 Å². The van der Waals surface area contributed by atoms with Crippen molar-refractivity contribution in [3.05, 3.63) is 61.6 Å². The molecule has 0 fully saturated rings. The third-order valence-electron chi connectivity index (χ3n) is 2.71. The number of anilines is 1. The SMILES string of the molecule is COC(=O)c1cccc(NC(=O)c2cc(Br)ccc2I)c1. The molecule has 6 heteroatoms. The number of halogens is 2. The molecule has 1 amide bonds. The van der Waals surface area contributed by atoms with E-state index in [0.717, 1.165) is 8.04 Å². The van der Waals surface area contributed by atoms with Crippen LogP contribution in [0.15, 0.2) is 46.9 Å². The van der Waals surface area contributed by atoms with Crippen LogP contribution in [0.1, 0.15) is 20.7 Å². The quantitative estimate of drug-likeness (QED) is 0.555. The van der Waals surface area contributed by atoms with Gasteiger partial charge in [-0.15, -0.1) is 0 Å². The number of benzene rings is 2. The van der Waals surface area contributed by atoms with Gasteiger partial charge >= 0.3 is 5.97 Å². The van der Waals surface area contributed by atoms with E-state index >= 15 is 0 Å². The Balaban J connectivity index is 2.23. The molecule has 0 bridgehead atoms. The van der Waals surface area contributed by atoms with E-state index in [1.165, 1.54) is 7.11 Å². The summed E-state index contributed by atoms with van der Waals surface area (Å²) in [6.45, 7) is 0. The van der Waals surface area contributed by atoms with Crippen LogP contribution >= 0.6 is 38.5 Å². The predicted molar refractivity (Wildman–Crippen MR) is 92.6 cm³/mol. The summed E-state index contributed by atoms with van der Waals surface area (Å²) in [5.41, 5.74) is 1.49. The topological polar surface area (TPSA) is 55.4 Å². The minimum absolute atomic E-state index is 0.234. The van der Waals surface area contributed by atoms with E-state index in [1.54, 1.807) is 30.3 Å². The van der Waals surface area contributed by atoms with Crippen LogP contribution < -0.4 is 5.32 Å². The van der Waals surface area contributed by atoms with Crippen LogP contribution in [0.25, 0.3) is 0 Å². The third-order valence-corrected chi connectivity index (χ3v) is 4.15. The molecule has 0 saturated heterocycles. The minimum Gasteiger partial charge on any atom is -0.465 e. The Kier molecular flexibility index (Phi) is 5.35. The van der Waals surface area contributed by atoms with Gasteiger partial charge in [0.25, 0.3) is 5.91 Å². The summed E-state index contributed by atoms with van der Waals surface area (Å²) < 4.78 is 6.33. The second-order valence-corrected chi connectivity index (χ2v) is 6.23. The Bertz CT molecular complexity index is 703. The molecule has 2 aromatic carbocycles. The molecule has 4 nitrogen and oxygen atoms in total. The lowest BCUT2D eigenvalue weighted by atomic mass is 10.1. The van der Waals surface area contributed by atoms with Crippen LogP contribution in [0.4, 0.5) is 5.69 Å². The zero-order valence-corrected chi connectivity index (χ0v) is 14.8. The van der Waals surface area contributed by atoms with E-state index in [0.29, 0.717) is 16.8 Å². The first kappa shape index (κ1) is 16.0. The Morgan fingerprint density at radius 1 is 1.19 bits per heavy atom. The lowest BCUT2D eigenvalue weighted by Crippen LogP contribution is -2.14. The molecule has 2 aromatic rings. The van der Waals surface area contributed by atoms with Crippen molar-refractivity contribution < 1.29 is 14.3 Å². The smallest absolute Gasteiger partial charge is 0.337 e. The first-order valence-electron chi connectivity index (χ1n) is 5.96. The lowest BCUT2D eigenvalue weighted by Gasteiger charge is -2.08. The van der Waals surface area contributed by atoms with E-state index in [2.05, 4.69) is 48.6 Å². The highest BCUT2D eigenvalue weighted by Crippen LogP contribution is 2.20. The standard InChI is InChI=1S/C15H11BrINO3/c1-21-15(20)9-3-2-4-11(7-9)18-14(19)12-8-10(16)5-6-13(12)17/h2-8H,1H3,(H,18,19). The first-order valence-corrected chi connectivity index (χ1v) is 7.83. The number of hydrogen-bond acceptors (Lipinski definition) is 3. The van der Waals surface area contributed by atoms with E-state index in [4.69, 9.17) is 0 Å². The Hall–Kier alpha value is -1.41. The van der Waals surface area contributed by atoms with Crippen LogP contribution in [0, 0.1) is 3.57 Å². The second kappa shape index (κ2) is 7.04. The molecule has 1 N–H and O–H groups in total. The van der Waals surface area contributed by atoms with Crippen molar-refractivity contribution >= 4 is 56.1 Å². The minimum atomic E-state index is -0.442. The van der Waals surface area contributed by atoms with Gasteiger partial charge in [0.05, 0.1) is 18.2 Å². The summed E-state index contributed by atoms with van der Waals surface area (Å²) in [7, 11) is 1.32. The van der Waals surface area contributed by atoms with Crippen LogP contribution in [0.3, 0.4) is 0 Å². The number of rotatable bonds is 3. The maximum atomic E-state index is 12.3. The number of methoxy groups -OCH3 is 1. The molecule has 0 aliphatic carbocycles. The van der Waals surface area contributed by atoms with Crippen molar-refractivity contribution in [1.29, 1.82) is 0 Å². The van der Waals surface area contributed by atoms with Crippen LogP contribution in [0.2, 0.25) is 0 Å². The molecule has 0 spiro atoms. The first-order chi connectivity index (χ1) is 10.0. The van der Waals surface area contributed by atoms with Gasteiger partial charge in [-0.1, -0.05) is 22.0 Å². The second-order valence-electron chi connectivity index (χ2n) is 4.15. The normalized spacial score (nSPS) is 10.0. The fourth-order valence-electron chi connectivity index (χ4n) is 1.71. The predicted octanol–water partition coefficient (Wildman–Crippen LogP) is 4.09. The summed E-state index contributed by atoms with van der Waals surface area (Å²) in [4.78, 5) is 23.8. The average Bonchev–Trinajstić information content (AvgIpc) is 2.49. The van der Waals surface area contributed by atoms with Crippen LogP contribution in [-0.2, 0) is 4.74 Å². The van der Waals surface area contributed by atoms with Crippen molar-refractivity contribution in [2.75, 3.05) is 12.4 Å². The summed E-state index contributed by atoms with van der Waals surface area (Å²) in [6, 6.07) is 12.1. The lowest BCUT2D eigenvalue weighted by molar-refractivity contribution is 0.0600. The number of amides is 1. The molecule has 21 heavy (non-hydrogen) atoms. The molecule has 2 rings (SSSR count). The van der Waals surface area contributed by atoms with Crippen molar-refractivity contribution in [3.8, 4) is 0 Å². The molecule has 0 saturated carbocycles. The highest BCUT2D eigenvalue weighted by Gasteiger charge is 2.12. The van der Waals surface area contributed by atoms with Gasteiger partial charge in [0.1, 0.15) is 0 Å². The summed E-state index contributed by atoms with van der Waals surface area (Å²) in [6.07, 6.45) is 0. The highest BCUT2D eigenvalue weighted by molar-refractivity contribution is 14.1. The number of hydrogen-bond donors (Lipinski definition) is 1. The Labute approximate surface area is 144 Å². The molecule has 108 valence electrons. The molecule has 0 aliphatic heterocycles. The van der Waals surface area contributed by atoms with Gasteiger partial charge in [-0.05, 0) is 59.0 Å². The largest absolute Gasteiger partial charge is 0.465 e. The summed E-state index contributed by atoms with van der Waals surface area (Å²) in [5, 5.41) is 2.77. The van der Waals surface area contributed by atoms with Gasteiger partial charge in [-0.25, -0.2) is 4.79 Å². The van der Waals surface area contributed by atoms with Crippen LogP contribution in [-0.4, -0.2) is 19.0 Å². The van der Waals surface area contributed by atoms with Crippen molar-refractivity contribution in [2.45, 2.75) is 0 Å². The maximum absolute atomic E-state index is 12.3. The van der Waals surface area contributed by atoms with Crippen molar-refractivity contribution in [2.24, 2.45) is 0 Å². The number of carbonyl (C=O) groups is 2. The van der Waals surface area contributed by atoms with E-state index in [9.17, 15) is 9.59 Å². The number of ether oxygens (including phenoxy) is 1. The monoisotopic (exact) mass is 459 g/mol. The zero-order valence-electron chi connectivity index (χ0n) is 11.0. The average molecular weight is 460 g/mol. The zero-order chi connectivity index (χ0) is 15.4. The van der Waals surface area contributed by atoms with Gasteiger partial charge < -0.3 is 10.1 Å². The molecule has 0 aromatic heterocycles. The van der Waals surface area contributed by atoms with E-state index < -0.39 is 5.97 Å². The van der Waals surface area contributed by atoms with Gasteiger partial charge in [-0.2, -0.15) is 0 Å². The highest BCUT2D eigenvalue weighted by atomic mass is 127. The molecular weight excluding hydrogens is 449 g/mol. The van der Waals surface area contributed by atoms with Gasteiger partial charge in [0.2, 0.25) is 0 Å². The van der Waals surface area contributed by atoms with Gasteiger partial charge in [0.15, 0.2) is 0 Å². The number of nitrogens with one attached hydrogen (secondary N) is 1. The van der Waals surface area contributed by atoms with Crippen molar-refractivity contribution in [3.63, 3.8) is 0 Å². The summed E-state index contributed by atoms with van der Waals surface area (Å²) >= 11 is 5.45. The molecule has 0 atom stereocenters. The molecule has 0 unspecified atom stereocenters. The summed E-state index contributed by atoms with van der Waals surface area (Å²) in [5.74, 6) is -0.675. The molecule has 0 aliphatic rings. The van der Waals surface area contributed by atoms with E-state index in [-0.39, 0.29) is 5.91 Å². The number of carbonyl (C=O) groups excluding carboxylic acids is 2. The Morgan fingerprint density at radius 2 is 1.95 bits per heavy atom.